The number of aryl methyl sites for hydroxylation is 1. The summed E-state index contributed by atoms with van der Waals surface area (Å²) >= 11 is 0. The molecule has 6 nitrogen and oxygen atoms in total. The van der Waals surface area contributed by atoms with Crippen molar-refractivity contribution >= 4 is 23.6 Å². The molecule has 0 radical (unpaired) electrons. The molecule has 0 fully saturated rings. The van der Waals surface area contributed by atoms with E-state index >= 15 is 0 Å². The smallest absolute Gasteiger partial charge is 0.294 e. The summed E-state index contributed by atoms with van der Waals surface area (Å²) in [6.45, 7) is 1.89. The van der Waals surface area contributed by atoms with Crippen LogP contribution in [0.5, 0.6) is 11.5 Å². The zero-order chi connectivity index (χ0) is 23.9. The van der Waals surface area contributed by atoms with Crippen LogP contribution in [0.4, 0.5) is 5.69 Å². The Morgan fingerprint density at radius 3 is 2.47 bits per heavy atom. The van der Waals surface area contributed by atoms with Crippen molar-refractivity contribution in [3.63, 3.8) is 0 Å². The zero-order valence-electron chi connectivity index (χ0n) is 19.4. The lowest BCUT2D eigenvalue weighted by Crippen LogP contribution is -2.46. The monoisotopic (exact) mass is 456 g/mol. The van der Waals surface area contributed by atoms with E-state index in [1.807, 2.05) is 61.5 Å². The van der Waals surface area contributed by atoms with Gasteiger partial charge in [0.2, 0.25) is 5.91 Å². The van der Waals surface area contributed by atoms with E-state index in [9.17, 15) is 9.59 Å². The van der Waals surface area contributed by atoms with Crippen LogP contribution in [0.1, 0.15) is 24.5 Å². The first-order chi connectivity index (χ1) is 16.5. The van der Waals surface area contributed by atoms with Crippen LogP contribution in [0.25, 0.3) is 6.08 Å². The van der Waals surface area contributed by atoms with Gasteiger partial charge in [-0.3, -0.25) is 14.5 Å². The highest BCUT2D eigenvalue weighted by molar-refractivity contribution is 6.12. The van der Waals surface area contributed by atoms with Crippen molar-refractivity contribution in [1.29, 1.82) is 0 Å². The maximum Gasteiger partial charge on any atom is 0.294 e. The van der Waals surface area contributed by atoms with Crippen LogP contribution in [0, 0.1) is 0 Å². The Hall–Kier alpha value is -4.06. The summed E-state index contributed by atoms with van der Waals surface area (Å²) < 4.78 is 11.1. The molecule has 3 aromatic carbocycles. The average Bonchev–Trinajstić information content (AvgIpc) is 2.86. The lowest BCUT2D eigenvalue weighted by atomic mass is 10.1. The van der Waals surface area contributed by atoms with E-state index in [0.29, 0.717) is 11.4 Å². The normalized spacial score (nSPS) is 14.8. The van der Waals surface area contributed by atoms with Crippen LogP contribution in [-0.2, 0) is 16.0 Å². The average molecular weight is 457 g/mol. The number of carbonyl (C=O) groups is 2. The van der Waals surface area contributed by atoms with E-state index in [4.69, 9.17) is 9.47 Å². The molecular weight excluding hydrogens is 428 g/mol. The molecule has 1 atom stereocenters. The van der Waals surface area contributed by atoms with Gasteiger partial charge in [-0.15, -0.1) is 0 Å². The third kappa shape index (κ3) is 5.64. The van der Waals surface area contributed by atoms with Gasteiger partial charge in [-0.1, -0.05) is 54.6 Å². The largest absolute Gasteiger partial charge is 0.497 e. The van der Waals surface area contributed by atoms with Gasteiger partial charge < -0.3 is 14.8 Å². The molecule has 1 aliphatic heterocycles. The van der Waals surface area contributed by atoms with Crippen LogP contribution >= 0.6 is 0 Å². The second-order valence-corrected chi connectivity index (χ2v) is 8.24. The van der Waals surface area contributed by atoms with E-state index in [2.05, 4.69) is 17.4 Å². The van der Waals surface area contributed by atoms with E-state index in [1.165, 1.54) is 10.5 Å². The molecule has 0 saturated heterocycles. The Morgan fingerprint density at radius 2 is 1.74 bits per heavy atom. The van der Waals surface area contributed by atoms with Crippen molar-refractivity contribution in [2.75, 3.05) is 18.6 Å². The summed E-state index contributed by atoms with van der Waals surface area (Å²) in [7, 11) is 1.60. The predicted molar refractivity (Wildman–Crippen MR) is 133 cm³/mol. The van der Waals surface area contributed by atoms with Crippen LogP contribution in [0.3, 0.4) is 0 Å². The number of methoxy groups -OCH3 is 1. The number of anilines is 1. The lowest BCUT2D eigenvalue weighted by Gasteiger charge is -2.30. The molecular formula is C28H28N2O4. The van der Waals surface area contributed by atoms with Gasteiger partial charge >= 0.3 is 0 Å². The molecule has 0 bridgehead atoms. The highest BCUT2D eigenvalue weighted by atomic mass is 16.5. The fourth-order valence-corrected chi connectivity index (χ4v) is 3.83. The molecule has 34 heavy (non-hydrogen) atoms. The SMILES string of the molecule is COc1ccc(/C=C2/Oc3ccccc3N(CC(=O)N[C@@H](C)CCc3ccccc3)C2=O)cc1. The number of carbonyl (C=O) groups excluding carboxylic acids is 2. The Morgan fingerprint density at radius 1 is 1.03 bits per heavy atom. The highest BCUT2D eigenvalue weighted by Gasteiger charge is 2.31. The number of fused-ring (bicyclic) bond motifs is 1. The highest BCUT2D eigenvalue weighted by Crippen LogP contribution is 2.35. The Labute approximate surface area is 199 Å². The number of nitrogens with zero attached hydrogens (tertiary/aromatic N) is 1. The van der Waals surface area contributed by atoms with Crippen molar-refractivity contribution in [1.82, 2.24) is 5.32 Å². The summed E-state index contributed by atoms with van der Waals surface area (Å²) in [5.41, 5.74) is 2.60. The molecule has 0 saturated carbocycles. The van der Waals surface area contributed by atoms with E-state index < -0.39 is 0 Å². The predicted octanol–water partition coefficient (Wildman–Crippen LogP) is 4.60. The van der Waals surface area contributed by atoms with Gasteiger partial charge in [0.05, 0.1) is 12.8 Å². The van der Waals surface area contributed by atoms with Crippen LogP contribution in [0.15, 0.2) is 84.6 Å². The molecule has 3 aromatic rings. The summed E-state index contributed by atoms with van der Waals surface area (Å²) in [6.07, 6.45) is 3.35. The maximum atomic E-state index is 13.3. The Kier molecular flexibility index (Phi) is 7.28. The van der Waals surface area contributed by atoms with Gasteiger partial charge in [-0.2, -0.15) is 0 Å². The van der Waals surface area contributed by atoms with Crippen LogP contribution in [-0.4, -0.2) is 31.5 Å². The van der Waals surface area contributed by atoms with Gasteiger partial charge in [-0.05, 0) is 61.2 Å². The quantitative estimate of drug-likeness (QED) is 0.503. The first-order valence-corrected chi connectivity index (χ1v) is 11.3. The number of hydrogen-bond acceptors (Lipinski definition) is 4. The number of hydrogen-bond donors (Lipinski definition) is 1. The molecule has 0 aliphatic carbocycles. The number of benzene rings is 3. The van der Waals surface area contributed by atoms with E-state index in [0.717, 1.165) is 24.2 Å². The third-order valence-electron chi connectivity index (χ3n) is 5.66. The molecule has 0 unspecified atom stereocenters. The summed E-state index contributed by atoms with van der Waals surface area (Å²) in [5.74, 6) is 0.847. The standard InChI is InChI=1S/C28H28N2O4/c1-20(12-13-21-8-4-3-5-9-21)29-27(31)19-30-24-10-6-7-11-25(24)34-26(28(30)32)18-22-14-16-23(33-2)17-15-22/h3-11,14-18,20H,12-13,19H2,1-2H3,(H,29,31)/b26-18+/t20-/m0/s1. The van der Waals surface area contributed by atoms with Crippen molar-refractivity contribution in [2.24, 2.45) is 0 Å². The van der Waals surface area contributed by atoms with Gasteiger partial charge in [0.15, 0.2) is 11.5 Å². The molecule has 0 spiro atoms. The molecule has 1 N–H and O–H groups in total. The molecule has 1 heterocycles. The Balaban J connectivity index is 1.46. The number of rotatable bonds is 8. The number of para-hydroxylation sites is 2. The van der Waals surface area contributed by atoms with Crippen molar-refractivity contribution < 1.29 is 19.1 Å². The third-order valence-corrected chi connectivity index (χ3v) is 5.66. The Bertz CT molecular complexity index is 1170. The fraction of sp³-hybridized carbons (Fsp3) is 0.214. The summed E-state index contributed by atoms with van der Waals surface area (Å²) in [5, 5.41) is 3.02. The number of ether oxygens (including phenoxy) is 2. The first kappa shape index (κ1) is 23.1. The number of amides is 2. The molecule has 4 rings (SSSR count). The van der Waals surface area contributed by atoms with Crippen LogP contribution in [0.2, 0.25) is 0 Å². The van der Waals surface area contributed by atoms with Gasteiger partial charge in [0.25, 0.3) is 5.91 Å². The van der Waals surface area contributed by atoms with Gasteiger partial charge in [0, 0.05) is 6.04 Å². The van der Waals surface area contributed by atoms with Crippen molar-refractivity contribution in [2.45, 2.75) is 25.8 Å². The second kappa shape index (κ2) is 10.7. The molecule has 6 heteroatoms. The summed E-state index contributed by atoms with van der Waals surface area (Å²) in [4.78, 5) is 27.6. The lowest BCUT2D eigenvalue weighted by molar-refractivity contribution is -0.123. The minimum atomic E-state index is -0.360. The molecule has 1 aliphatic rings. The van der Waals surface area contributed by atoms with E-state index in [-0.39, 0.29) is 30.2 Å². The van der Waals surface area contributed by atoms with Crippen LogP contribution < -0.4 is 19.7 Å². The van der Waals surface area contributed by atoms with Crippen molar-refractivity contribution in [3.05, 3.63) is 95.7 Å². The minimum absolute atomic E-state index is 0.0200. The molecule has 0 aromatic heterocycles. The van der Waals surface area contributed by atoms with E-state index in [1.54, 1.807) is 25.3 Å². The molecule has 174 valence electrons. The minimum Gasteiger partial charge on any atom is -0.497 e. The maximum absolute atomic E-state index is 13.3. The van der Waals surface area contributed by atoms with Crippen molar-refractivity contribution in [3.8, 4) is 11.5 Å². The van der Waals surface area contributed by atoms with Gasteiger partial charge in [-0.25, -0.2) is 0 Å². The number of nitrogens with one attached hydrogen (secondary N) is 1. The fourth-order valence-electron chi connectivity index (χ4n) is 3.83. The van der Waals surface area contributed by atoms with Gasteiger partial charge in [0.1, 0.15) is 12.3 Å². The second-order valence-electron chi connectivity index (χ2n) is 8.24. The summed E-state index contributed by atoms with van der Waals surface area (Å²) in [6, 6.07) is 24.7. The first-order valence-electron chi connectivity index (χ1n) is 11.3. The topological polar surface area (TPSA) is 67.9 Å². The molecule has 2 amide bonds. The zero-order valence-corrected chi connectivity index (χ0v) is 19.4.